The maximum Gasteiger partial charge on any atom is 0.245 e. The molecule has 1 aromatic rings. The summed E-state index contributed by atoms with van der Waals surface area (Å²) in [6, 6.07) is 1.75. The van der Waals surface area contributed by atoms with Crippen molar-refractivity contribution in [3.05, 3.63) is 35.4 Å². The van der Waals surface area contributed by atoms with Crippen molar-refractivity contribution in [1.29, 1.82) is 0 Å². The van der Waals surface area contributed by atoms with E-state index < -0.39 is 35.7 Å². The first-order valence-corrected chi connectivity index (χ1v) is 7.54. The molecule has 126 valence electrons. The Morgan fingerprint density at radius 1 is 1.22 bits per heavy atom. The molecule has 0 radical (unpaired) electrons. The van der Waals surface area contributed by atoms with E-state index in [1.807, 2.05) is 0 Å². The molecule has 5 nitrogen and oxygen atoms in total. The molecule has 2 amide bonds. The van der Waals surface area contributed by atoms with Gasteiger partial charge in [0, 0.05) is 11.5 Å². The number of carbonyl (C=O) groups excluding carboxylic acids is 2. The minimum Gasteiger partial charge on any atom is -0.391 e. The molecule has 0 aromatic heterocycles. The predicted octanol–water partition coefficient (Wildman–Crippen LogP) is 1.42. The number of nitrogens with one attached hydrogen (secondary N) is 2. The van der Waals surface area contributed by atoms with Crippen LogP contribution in [-0.4, -0.2) is 29.1 Å². The van der Waals surface area contributed by atoms with Gasteiger partial charge in [-0.2, -0.15) is 0 Å². The zero-order chi connectivity index (χ0) is 17.1. The first-order valence-electron chi connectivity index (χ1n) is 7.54. The summed E-state index contributed by atoms with van der Waals surface area (Å²) in [5, 5.41) is 14.7. The van der Waals surface area contributed by atoms with E-state index >= 15 is 0 Å². The molecule has 0 spiro atoms. The van der Waals surface area contributed by atoms with Crippen molar-refractivity contribution in [3.63, 3.8) is 0 Å². The van der Waals surface area contributed by atoms with Gasteiger partial charge in [-0.3, -0.25) is 9.59 Å². The van der Waals surface area contributed by atoms with Crippen molar-refractivity contribution in [1.82, 2.24) is 10.6 Å². The Hall–Kier alpha value is -2.02. The molecule has 0 bridgehead atoms. The van der Waals surface area contributed by atoms with E-state index in [1.54, 1.807) is 0 Å². The van der Waals surface area contributed by atoms with Gasteiger partial charge < -0.3 is 15.7 Å². The Kier molecular flexibility index (Phi) is 5.30. The molecule has 0 saturated heterocycles. The van der Waals surface area contributed by atoms with Gasteiger partial charge in [-0.05, 0) is 32.8 Å². The highest BCUT2D eigenvalue weighted by molar-refractivity contribution is 5.89. The number of aliphatic hydroxyl groups excluding tert-OH is 1. The molecule has 1 aliphatic rings. The fraction of sp³-hybridized carbons (Fsp3) is 0.500. The summed E-state index contributed by atoms with van der Waals surface area (Å²) in [6.07, 6.45) is 0.428. The van der Waals surface area contributed by atoms with Crippen LogP contribution in [-0.2, 0) is 9.59 Å². The molecule has 2 rings (SSSR count). The average Bonchev–Trinajstić information content (AvgIpc) is 3.31. The van der Waals surface area contributed by atoms with Crippen molar-refractivity contribution in [2.24, 2.45) is 5.92 Å². The van der Waals surface area contributed by atoms with Crippen LogP contribution < -0.4 is 10.6 Å². The smallest absolute Gasteiger partial charge is 0.245 e. The van der Waals surface area contributed by atoms with Crippen LogP contribution in [0.3, 0.4) is 0 Å². The summed E-state index contributed by atoms with van der Waals surface area (Å²) in [5.74, 6) is -3.07. The van der Waals surface area contributed by atoms with Crippen LogP contribution in [0, 0.1) is 17.6 Å². The van der Waals surface area contributed by atoms with Crippen molar-refractivity contribution < 1.29 is 23.5 Å². The fourth-order valence-electron chi connectivity index (χ4n) is 2.26. The molecule has 1 aliphatic carbocycles. The van der Waals surface area contributed by atoms with E-state index in [9.17, 15) is 23.5 Å². The first-order chi connectivity index (χ1) is 10.8. The summed E-state index contributed by atoms with van der Waals surface area (Å²) in [4.78, 5) is 24.0. The van der Waals surface area contributed by atoms with Gasteiger partial charge in [0.25, 0.3) is 0 Å². The second kappa shape index (κ2) is 7.04. The van der Waals surface area contributed by atoms with E-state index in [0.717, 1.165) is 18.9 Å². The highest BCUT2D eigenvalue weighted by Crippen LogP contribution is 2.29. The number of hydrogen-bond acceptors (Lipinski definition) is 3. The second-order valence-corrected chi connectivity index (χ2v) is 5.87. The minimum absolute atomic E-state index is 0.00351. The fourth-order valence-corrected chi connectivity index (χ4v) is 2.26. The maximum atomic E-state index is 13.7. The predicted molar refractivity (Wildman–Crippen MR) is 79.3 cm³/mol. The zero-order valence-electron chi connectivity index (χ0n) is 13.0. The van der Waals surface area contributed by atoms with Crippen LogP contribution >= 0.6 is 0 Å². The molecule has 1 saturated carbocycles. The molecule has 0 heterocycles. The summed E-state index contributed by atoms with van der Waals surface area (Å²) in [6.45, 7) is 2.88. The third-order valence-corrected chi connectivity index (χ3v) is 3.82. The number of halogens is 2. The number of aliphatic hydroxyl groups is 1. The van der Waals surface area contributed by atoms with Gasteiger partial charge in [0.05, 0.1) is 12.1 Å². The molecule has 3 atom stereocenters. The number of rotatable bonds is 6. The Morgan fingerprint density at radius 2 is 1.87 bits per heavy atom. The van der Waals surface area contributed by atoms with E-state index in [4.69, 9.17) is 0 Å². The lowest BCUT2D eigenvalue weighted by Gasteiger charge is -2.23. The Labute approximate surface area is 133 Å². The van der Waals surface area contributed by atoms with Gasteiger partial charge in [-0.15, -0.1) is 0 Å². The monoisotopic (exact) mass is 326 g/mol. The average molecular weight is 326 g/mol. The van der Waals surface area contributed by atoms with Crippen molar-refractivity contribution in [2.75, 3.05) is 0 Å². The number of hydrogen-bond donors (Lipinski definition) is 3. The van der Waals surface area contributed by atoms with Crippen molar-refractivity contribution in [2.45, 2.75) is 44.9 Å². The van der Waals surface area contributed by atoms with E-state index in [0.29, 0.717) is 0 Å². The standard InChI is InChI=1S/C16H20F2N2O3/c1-8(11-4-3-5-12(17)13(11)18)19-16(23)14(9(2)21)20-15(22)10-6-7-10/h3-5,8-10,14,21H,6-7H2,1-2H3,(H,19,23)(H,20,22). The Bertz CT molecular complexity index is 603. The van der Waals surface area contributed by atoms with Crippen molar-refractivity contribution in [3.8, 4) is 0 Å². The third-order valence-electron chi connectivity index (χ3n) is 3.82. The highest BCUT2D eigenvalue weighted by atomic mass is 19.2. The van der Waals surface area contributed by atoms with Crippen LogP contribution in [0.2, 0.25) is 0 Å². The van der Waals surface area contributed by atoms with Gasteiger partial charge >= 0.3 is 0 Å². The molecular formula is C16H20F2N2O3. The van der Waals surface area contributed by atoms with Crippen LogP contribution in [0.4, 0.5) is 8.78 Å². The summed E-state index contributed by atoms with van der Waals surface area (Å²) in [7, 11) is 0. The van der Waals surface area contributed by atoms with Gasteiger partial charge in [-0.25, -0.2) is 8.78 Å². The molecule has 1 aromatic carbocycles. The maximum absolute atomic E-state index is 13.7. The van der Waals surface area contributed by atoms with Gasteiger partial charge in [0.1, 0.15) is 6.04 Å². The molecule has 7 heteroatoms. The molecule has 3 unspecified atom stereocenters. The number of carbonyl (C=O) groups is 2. The molecule has 23 heavy (non-hydrogen) atoms. The molecule has 1 fully saturated rings. The van der Waals surface area contributed by atoms with E-state index in [1.165, 1.54) is 26.0 Å². The van der Waals surface area contributed by atoms with E-state index in [-0.39, 0.29) is 17.4 Å². The largest absolute Gasteiger partial charge is 0.391 e. The topological polar surface area (TPSA) is 78.4 Å². The highest BCUT2D eigenvalue weighted by Gasteiger charge is 2.34. The van der Waals surface area contributed by atoms with E-state index in [2.05, 4.69) is 10.6 Å². The lowest BCUT2D eigenvalue weighted by molar-refractivity contribution is -0.132. The number of benzene rings is 1. The molecular weight excluding hydrogens is 306 g/mol. The van der Waals surface area contributed by atoms with Gasteiger partial charge in [-0.1, -0.05) is 12.1 Å². The van der Waals surface area contributed by atoms with Crippen LogP contribution in [0.15, 0.2) is 18.2 Å². The Morgan fingerprint density at radius 3 is 2.43 bits per heavy atom. The van der Waals surface area contributed by atoms with Gasteiger partial charge in [0.15, 0.2) is 11.6 Å². The van der Waals surface area contributed by atoms with Crippen LogP contribution in [0.25, 0.3) is 0 Å². The zero-order valence-corrected chi connectivity index (χ0v) is 13.0. The lowest BCUT2D eigenvalue weighted by atomic mass is 10.1. The summed E-state index contributed by atoms with van der Waals surface area (Å²) < 4.78 is 27.0. The quantitative estimate of drug-likeness (QED) is 0.740. The summed E-state index contributed by atoms with van der Waals surface area (Å²) in [5.41, 5.74) is -0.00351. The summed E-state index contributed by atoms with van der Waals surface area (Å²) >= 11 is 0. The van der Waals surface area contributed by atoms with Gasteiger partial charge in [0.2, 0.25) is 11.8 Å². The first kappa shape index (κ1) is 17.3. The van der Waals surface area contributed by atoms with Crippen molar-refractivity contribution >= 4 is 11.8 Å². The SMILES string of the molecule is CC(NC(=O)C(NC(=O)C1CC1)C(C)O)c1cccc(F)c1F. The minimum atomic E-state index is -1.14. The Balaban J connectivity index is 2.05. The lowest BCUT2D eigenvalue weighted by Crippen LogP contribution is -2.53. The number of amides is 2. The normalized spacial score (nSPS) is 18.0. The van der Waals surface area contributed by atoms with Crippen LogP contribution in [0.5, 0.6) is 0 Å². The molecule has 0 aliphatic heterocycles. The molecule has 3 N–H and O–H groups in total. The van der Waals surface area contributed by atoms with Crippen LogP contribution in [0.1, 0.15) is 38.3 Å². The third kappa shape index (κ3) is 4.25. The second-order valence-electron chi connectivity index (χ2n) is 5.87.